The number of carbonyl (C=O) groups is 1. The molecule has 1 fully saturated rings. The zero-order valence-corrected chi connectivity index (χ0v) is 43.4. The van der Waals surface area contributed by atoms with Gasteiger partial charge in [-0.3, -0.25) is 4.79 Å². The van der Waals surface area contributed by atoms with Crippen molar-refractivity contribution in [3.8, 4) is 0 Å². The molecule has 1 heterocycles. The molecule has 0 saturated carbocycles. The molecule has 1 saturated heterocycles. The summed E-state index contributed by atoms with van der Waals surface area (Å²) in [5.41, 5.74) is 0. The molecule has 67 heavy (non-hydrogen) atoms. The van der Waals surface area contributed by atoms with Gasteiger partial charge >= 0.3 is 0 Å². The van der Waals surface area contributed by atoms with Crippen LogP contribution in [0.15, 0.2) is 12.2 Å². The Labute approximate surface area is 411 Å². The summed E-state index contributed by atoms with van der Waals surface area (Å²) in [6.45, 7) is 3.47. The lowest BCUT2D eigenvalue weighted by molar-refractivity contribution is -0.303. The topological polar surface area (TPSA) is 189 Å². The van der Waals surface area contributed by atoms with Crippen LogP contribution in [-0.4, -0.2) is 110 Å². The summed E-state index contributed by atoms with van der Waals surface area (Å²) >= 11 is 0. The van der Waals surface area contributed by atoms with E-state index in [0.717, 1.165) is 38.5 Å². The smallest absolute Gasteiger partial charge is 0.249 e. The van der Waals surface area contributed by atoms with Gasteiger partial charge < -0.3 is 50.5 Å². The first-order valence-electron chi connectivity index (χ1n) is 28.6. The van der Waals surface area contributed by atoms with Crippen molar-refractivity contribution >= 4 is 5.91 Å². The van der Waals surface area contributed by atoms with E-state index in [2.05, 4.69) is 31.3 Å². The van der Waals surface area contributed by atoms with E-state index in [9.17, 15) is 40.5 Å². The van der Waals surface area contributed by atoms with Crippen molar-refractivity contribution in [2.75, 3.05) is 13.2 Å². The Morgan fingerprint density at radius 2 is 0.881 bits per heavy atom. The van der Waals surface area contributed by atoms with Crippen LogP contribution in [0, 0.1) is 0 Å². The van der Waals surface area contributed by atoms with Gasteiger partial charge in [0.25, 0.3) is 0 Å². The summed E-state index contributed by atoms with van der Waals surface area (Å²) in [6.07, 6.45) is 41.2. The van der Waals surface area contributed by atoms with Crippen molar-refractivity contribution in [1.29, 1.82) is 0 Å². The average molecular weight is 956 g/mol. The number of unbranched alkanes of at least 4 members (excludes halogenated alkanes) is 35. The number of aliphatic hydroxyl groups excluding tert-OH is 7. The molecule has 1 aliphatic heterocycles. The molecule has 8 N–H and O–H groups in total. The van der Waals surface area contributed by atoms with Gasteiger partial charge in [-0.05, 0) is 38.5 Å². The maximum Gasteiger partial charge on any atom is 0.249 e. The average Bonchev–Trinajstić information content (AvgIpc) is 3.33. The predicted octanol–water partition coefficient (Wildman–Crippen LogP) is 11.6. The van der Waals surface area contributed by atoms with E-state index < -0.39 is 74.2 Å². The van der Waals surface area contributed by atoms with Crippen LogP contribution in [0.25, 0.3) is 0 Å². The number of hydrogen-bond acceptors (Lipinski definition) is 10. The van der Waals surface area contributed by atoms with E-state index in [1.807, 2.05) is 0 Å². The largest absolute Gasteiger partial charge is 0.394 e. The third-order valence-corrected chi connectivity index (χ3v) is 14.1. The molecule has 0 radical (unpaired) electrons. The van der Waals surface area contributed by atoms with Gasteiger partial charge in [-0.25, -0.2) is 0 Å². The van der Waals surface area contributed by atoms with E-state index in [0.29, 0.717) is 12.8 Å². The second-order valence-corrected chi connectivity index (χ2v) is 20.4. The fourth-order valence-electron chi connectivity index (χ4n) is 9.39. The Morgan fingerprint density at radius 1 is 0.507 bits per heavy atom. The third kappa shape index (κ3) is 34.8. The Bertz CT molecular complexity index is 1100. The van der Waals surface area contributed by atoms with Crippen molar-refractivity contribution in [3.05, 3.63) is 12.2 Å². The number of hydrogen-bond donors (Lipinski definition) is 8. The van der Waals surface area contributed by atoms with Crippen molar-refractivity contribution < 1.29 is 50.0 Å². The lowest BCUT2D eigenvalue weighted by atomic mass is 9.98. The molecule has 9 atom stereocenters. The summed E-state index contributed by atoms with van der Waals surface area (Å²) < 4.78 is 11.1. The highest BCUT2D eigenvalue weighted by Gasteiger charge is 2.44. The second-order valence-electron chi connectivity index (χ2n) is 20.4. The fraction of sp³-hybridized carbons (Fsp3) is 0.946. The summed E-state index contributed by atoms with van der Waals surface area (Å²) in [5, 5.41) is 76.1. The van der Waals surface area contributed by atoms with Crippen LogP contribution in [-0.2, 0) is 14.3 Å². The third-order valence-electron chi connectivity index (χ3n) is 14.1. The van der Waals surface area contributed by atoms with Crippen molar-refractivity contribution in [2.45, 2.75) is 326 Å². The minimum absolute atomic E-state index is 0.259. The second kappa shape index (κ2) is 46.0. The summed E-state index contributed by atoms with van der Waals surface area (Å²) in [6, 6.07) is -1.18. The fourth-order valence-corrected chi connectivity index (χ4v) is 9.39. The molecule has 398 valence electrons. The molecule has 0 aromatic carbocycles. The van der Waals surface area contributed by atoms with Crippen LogP contribution in [0.3, 0.4) is 0 Å². The van der Waals surface area contributed by atoms with Crippen LogP contribution in [0.2, 0.25) is 0 Å². The number of rotatable bonds is 49. The highest BCUT2D eigenvalue weighted by atomic mass is 16.7. The molecule has 0 bridgehead atoms. The Morgan fingerprint density at radius 3 is 1.28 bits per heavy atom. The van der Waals surface area contributed by atoms with Crippen LogP contribution in [0.4, 0.5) is 0 Å². The van der Waals surface area contributed by atoms with Crippen molar-refractivity contribution in [2.24, 2.45) is 0 Å². The number of ether oxygens (including phenoxy) is 2. The quantitative estimate of drug-likeness (QED) is 0.0215. The van der Waals surface area contributed by atoms with Crippen LogP contribution < -0.4 is 5.32 Å². The first kappa shape index (κ1) is 63.9. The molecule has 9 unspecified atom stereocenters. The first-order chi connectivity index (χ1) is 32.7. The minimum Gasteiger partial charge on any atom is -0.394 e. The highest BCUT2D eigenvalue weighted by Crippen LogP contribution is 2.23. The molecule has 1 amide bonds. The number of amides is 1. The van der Waals surface area contributed by atoms with Crippen LogP contribution >= 0.6 is 0 Å². The molecular weight excluding hydrogens is 847 g/mol. The minimum atomic E-state index is -1.66. The summed E-state index contributed by atoms with van der Waals surface area (Å²) in [5.74, 6) is -0.701. The van der Waals surface area contributed by atoms with E-state index in [4.69, 9.17) is 9.47 Å². The maximum absolute atomic E-state index is 13.2. The summed E-state index contributed by atoms with van der Waals surface area (Å²) in [4.78, 5) is 13.2. The SMILES string of the molecule is CCCCCCCCCCCCCCCCCCC/C=C/CCCC(O)C(O)C(COC1OC(CO)C(O)C(O)C1O)NC(=O)C(O)CCCCCCCCCCCCCCCCCCCC. The molecule has 11 heteroatoms. The van der Waals surface area contributed by atoms with Gasteiger partial charge in [0.05, 0.1) is 25.4 Å². The highest BCUT2D eigenvalue weighted by molar-refractivity contribution is 5.80. The molecule has 0 aromatic rings. The van der Waals surface area contributed by atoms with Crippen molar-refractivity contribution in [3.63, 3.8) is 0 Å². The maximum atomic E-state index is 13.2. The zero-order chi connectivity index (χ0) is 49.0. The van der Waals surface area contributed by atoms with E-state index >= 15 is 0 Å². The molecule has 0 aromatic heterocycles. The standard InChI is InChI=1S/C56H109NO10/c1-3-5-7-9-11-13-15-17-19-21-23-24-25-26-28-29-31-33-35-37-39-41-43-48(59)51(61)47(46-66-56-54(64)53(63)52(62)50(45-58)67-56)57-55(65)49(60)44-42-40-38-36-34-32-30-27-22-20-18-16-14-12-10-8-6-4-2/h35,37,47-54,56,58-64H,3-34,36,38-46H2,1-2H3,(H,57,65)/b37-35+. The lowest BCUT2D eigenvalue weighted by Gasteiger charge is -2.40. The number of allylic oxidation sites excluding steroid dienone is 2. The van der Waals surface area contributed by atoms with E-state index in [-0.39, 0.29) is 12.8 Å². The predicted molar refractivity (Wildman–Crippen MR) is 275 cm³/mol. The molecule has 0 spiro atoms. The van der Waals surface area contributed by atoms with Gasteiger partial charge in [0, 0.05) is 0 Å². The van der Waals surface area contributed by atoms with Gasteiger partial charge in [0.1, 0.15) is 36.6 Å². The zero-order valence-electron chi connectivity index (χ0n) is 43.4. The number of nitrogens with one attached hydrogen (secondary N) is 1. The molecule has 0 aliphatic carbocycles. The van der Waals surface area contributed by atoms with Gasteiger partial charge in [-0.15, -0.1) is 0 Å². The van der Waals surface area contributed by atoms with Crippen LogP contribution in [0.5, 0.6) is 0 Å². The van der Waals surface area contributed by atoms with Gasteiger partial charge in [-0.1, -0.05) is 244 Å². The number of carbonyl (C=O) groups excluding carboxylic acids is 1. The Kier molecular flexibility index (Phi) is 43.8. The summed E-state index contributed by atoms with van der Waals surface area (Å²) in [7, 11) is 0. The molecular formula is C56H109NO10. The Balaban J connectivity index is 2.34. The first-order valence-corrected chi connectivity index (χ1v) is 28.6. The van der Waals surface area contributed by atoms with Crippen LogP contribution in [0.1, 0.15) is 271 Å². The molecule has 1 aliphatic rings. The normalized spacial score (nSPS) is 20.6. The Hall–Kier alpha value is -1.15. The van der Waals surface area contributed by atoms with E-state index in [1.54, 1.807) is 0 Å². The molecule has 11 nitrogen and oxygen atoms in total. The van der Waals surface area contributed by atoms with Gasteiger partial charge in [-0.2, -0.15) is 0 Å². The van der Waals surface area contributed by atoms with Gasteiger partial charge in [0.15, 0.2) is 6.29 Å². The van der Waals surface area contributed by atoms with Crippen molar-refractivity contribution in [1.82, 2.24) is 5.32 Å². The molecule has 1 rings (SSSR count). The lowest BCUT2D eigenvalue weighted by Crippen LogP contribution is -2.60. The van der Waals surface area contributed by atoms with Gasteiger partial charge in [0.2, 0.25) is 5.91 Å². The monoisotopic (exact) mass is 956 g/mol. The van der Waals surface area contributed by atoms with E-state index in [1.165, 1.54) is 193 Å². The number of aliphatic hydroxyl groups is 7.